The number of nitrogens with one attached hydrogen (secondary N) is 1. The Hall–Kier alpha value is -2.35. The number of imidazole rings is 1. The van der Waals surface area contributed by atoms with E-state index >= 15 is 0 Å². The number of hydrogen-bond acceptors (Lipinski definition) is 4. The van der Waals surface area contributed by atoms with Crippen molar-refractivity contribution >= 4 is 35.0 Å². The summed E-state index contributed by atoms with van der Waals surface area (Å²) in [5, 5.41) is 3.25. The van der Waals surface area contributed by atoms with Gasteiger partial charge in [-0.3, -0.25) is 4.79 Å². The average Bonchev–Trinajstić information content (AvgIpc) is 3.41. The fourth-order valence-corrected chi connectivity index (χ4v) is 4.61. The van der Waals surface area contributed by atoms with E-state index in [1.165, 1.54) is 30.0 Å². The Bertz CT molecular complexity index is 1050. The third-order valence-electron chi connectivity index (χ3n) is 5.14. The number of rotatable bonds is 7. The molecule has 1 aromatic heterocycles. The van der Waals surface area contributed by atoms with E-state index in [0.717, 1.165) is 35.9 Å². The first-order valence-corrected chi connectivity index (χ1v) is 11.4. The zero-order valence-electron chi connectivity index (χ0n) is 17.1. The monoisotopic (exact) mass is 459 g/mol. The largest absolute Gasteiger partial charge is 0.376 e. The minimum atomic E-state index is -0.449. The lowest BCUT2D eigenvalue weighted by atomic mass is 10.1. The van der Waals surface area contributed by atoms with Crippen LogP contribution in [0.1, 0.15) is 19.8 Å². The van der Waals surface area contributed by atoms with Gasteiger partial charge in [0.05, 0.1) is 40.5 Å². The SMILES string of the molecule is CC(Sc1ncc(-c2ccccc2)n1CC1CCCO1)C(=O)Nc1ccc(F)cc1Cl. The summed E-state index contributed by atoms with van der Waals surface area (Å²) < 4.78 is 21.2. The molecule has 0 aliphatic carbocycles. The number of ether oxygens (including phenoxy) is 1. The number of carbonyl (C=O) groups excluding carboxylic acids is 1. The van der Waals surface area contributed by atoms with Crippen LogP contribution in [0.25, 0.3) is 11.3 Å². The third kappa shape index (κ3) is 5.29. The van der Waals surface area contributed by atoms with E-state index in [1.54, 1.807) is 0 Å². The summed E-state index contributed by atoms with van der Waals surface area (Å²) in [6.07, 6.45) is 4.04. The van der Waals surface area contributed by atoms with Gasteiger partial charge in [0, 0.05) is 6.61 Å². The van der Waals surface area contributed by atoms with Gasteiger partial charge in [-0.2, -0.15) is 0 Å². The highest BCUT2D eigenvalue weighted by Gasteiger charge is 2.24. The van der Waals surface area contributed by atoms with Crippen molar-refractivity contribution < 1.29 is 13.9 Å². The number of thioether (sulfide) groups is 1. The van der Waals surface area contributed by atoms with Crippen molar-refractivity contribution in [2.24, 2.45) is 0 Å². The molecular weight excluding hydrogens is 437 g/mol. The van der Waals surface area contributed by atoms with Crippen molar-refractivity contribution in [1.82, 2.24) is 9.55 Å². The Labute approximate surface area is 190 Å². The van der Waals surface area contributed by atoms with Gasteiger partial charge in [0.25, 0.3) is 0 Å². The predicted molar refractivity (Wildman–Crippen MR) is 122 cm³/mol. The van der Waals surface area contributed by atoms with Crippen molar-refractivity contribution in [2.75, 3.05) is 11.9 Å². The van der Waals surface area contributed by atoms with Crippen LogP contribution in [-0.2, 0) is 16.1 Å². The first-order valence-electron chi connectivity index (χ1n) is 10.2. The van der Waals surface area contributed by atoms with Crippen LogP contribution in [0.15, 0.2) is 59.9 Å². The van der Waals surface area contributed by atoms with Gasteiger partial charge in [-0.15, -0.1) is 0 Å². The Balaban J connectivity index is 1.53. The number of benzene rings is 2. The van der Waals surface area contributed by atoms with Crippen LogP contribution in [0, 0.1) is 5.82 Å². The van der Waals surface area contributed by atoms with Gasteiger partial charge in [-0.25, -0.2) is 9.37 Å². The lowest BCUT2D eigenvalue weighted by molar-refractivity contribution is -0.115. The summed E-state index contributed by atoms with van der Waals surface area (Å²) in [6, 6.07) is 14.0. The number of halogens is 2. The van der Waals surface area contributed by atoms with Crippen molar-refractivity contribution in [3.05, 3.63) is 65.6 Å². The van der Waals surface area contributed by atoms with Crippen LogP contribution in [0.3, 0.4) is 0 Å². The molecule has 0 spiro atoms. The molecule has 1 aliphatic heterocycles. The van der Waals surface area contributed by atoms with Crippen molar-refractivity contribution in [3.63, 3.8) is 0 Å². The molecule has 1 fully saturated rings. The molecule has 1 saturated heterocycles. The Morgan fingerprint density at radius 2 is 2.16 bits per heavy atom. The van der Waals surface area contributed by atoms with E-state index in [-0.39, 0.29) is 17.0 Å². The molecule has 4 rings (SSSR count). The Kier molecular flexibility index (Phi) is 6.95. The van der Waals surface area contributed by atoms with Crippen LogP contribution >= 0.6 is 23.4 Å². The molecule has 0 bridgehead atoms. The van der Waals surface area contributed by atoms with Crippen LogP contribution in [0.5, 0.6) is 0 Å². The molecule has 2 heterocycles. The molecule has 31 heavy (non-hydrogen) atoms. The highest BCUT2D eigenvalue weighted by Crippen LogP contribution is 2.31. The van der Waals surface area contributed by atoms with E-state index in [0.29, 0.717) is 12.2 Å². The molecule has 1 N–H and O–H groups in total. The normalized spacial score (nSPS) is 16.9. The molecule has 3 aromatic rings. The maximum Gasteiger partial charge on any atom is 0.237 e. The van der Waals surface area contributed by atoms with Gasteiger partial charge in [0.1, 0.15) is 5.82 Å². The molecule has 2 aromatic carbocycles. The molecular formula is C23H23ClFN3O2S. The summed E-state index contributed by atoms with van der Waals surface area (Å²) in [5.74, 6) is -0.679. The standard InChI is InChI=1S/C23H23ClFN3O2S/c1-15(22(29)27-20-10-9-17(25)12-19(20)24)31-23-26-13-21(16-6-3-2-4-7-16)28(23)14-18-8-5-11-30-18/h2-4,6-7,9-10,12-13,15,18H,5,8,11,14H2,1H3,(H,27,29). The summed E-state index contributed by atoms with van der Waals surface area (Å²) in [7, 11) is 0. The minimum Gasteiger partial charge on any atom is -0.376 e. The third-order valence-corrected chi connectivity index (χ3v) is 6.56. The summed E-state index contributed by atoms with van der Waals surface area (Å²) >= 11 is 7.41. The van der Waals surface area contributed by atoms with Crippen molar-refractivity contribution in [1.29, 1.82) is 0 Å². The van der Waals surface area contributed by atoms with Crippen molar-refractivity contribution in [2.45, 2.75) is 42.8 Å². The van der Waals surface area contributed by atoms with E-state index in [4.69, 9.17) is 16.3 Å². The number of aromatic nitrogens is 2. The fraction of sp³-hybridized carbons (Fsp3) is 0.304. The molecule has 2 unspecified atom stereocenters. The summed E-state index contributed by atoms with van der Waals surface area (Å²) in [5.41, 5.74) is 2.44. The van der Waals surface area contributed by atoms with Crippen LogP contribution in [0.2, 0.25) is 5.02 Å². The molecule has 5 nitrogen and oxygen atoms in total. The van der Waals surface area contributed by atoms with Gasteiger partial charge in [-0.1, -0.05) is 53.7 Å². The number of hydrogen-bond donors (Lipinski definition) is 1. The number of nitrogens with zero attached hydrogens (tertiary/aromatic N) is 2. The van der Waals surface area contributed by atoms with E-state index < -0.39 is 11.1 Å². The van der Waals surface area contributed by atoms with Gasteiger partial charge >= 0.3 is 0 Å². The predicted octanol–water partition coefficient (Wildman–Crippen LogP) is 5.64. The average molecular weight is 460 g/mol. The van der Waals surface area contributed by atoms with Crippen LogP contribution < -0.4 is 5.32 Å². The first kappa shape index (κ1) is 21.9. The maximum atomic E-state index is 13.3. The molecule has 0 radical (unpaired) electrons. The lowest BCUT2D eigenvalue weighted by Crippen LogP contribution is -2.24. The smallest absolute Gasteiger partial charge is 0.237 e. The molecule has 0 saturated carbocycles. The zero-order chi connectivity index (χ0) is 21.8. The Morgan fingerprint density at radius 1 is 1.35 bits per heavy atom. The molecule has 162 valence electrons. The van der Waals surface area contributed by atoms with Gasteiger partial charge in [-0.05, 0) is 43.5 Å². The Morgan fingerprint density at radius 3 is 2.87 bits per heavy atom. The minimum absolute atomic E-state index is 0.137. The summed E-state index contributed by atoms with van der Waals surface area (Å²) in [6.45, 7) is 3.27. The zero-order valence-corrected chi connectivity index (χ0v) is 18.6. The number of amides is 1. The topological polar surface area (TPSA) is 56.2 Å². The van der Waals surface area contributed by atoms with E-state index in [9.17, 15) is 9.18 Å². The number of anilines is 1. The first-order chi connectivity index (χ1) is 15.0. The molecule has 2 atom stereocenters. The fourth-order valence-electron chi connectivity index (χ4n) is 3.50. The molecule has 1 amide bonds. The number of carbonyl (C=O) groups is 1. The second-order valence-corrected chi connectivity index (χ2v) is 9.13. The van der Waals surface area contributed by atoms with Crippen LogP contribution in [0.4, 0.5) is 10.1 Å². The summed E-state index contributed by atoms with van der Waals surface area (Å²) in [4.78, 5) is 17.3. The second-order valence-electron chi connectivity index (χ2n) is 7.41. The van der Waals surface area contributed by atoms with Crippen LogP contribution in [-0.4, -0.2) is 33.4 Å². The van der Waals surface area contributed by atoms with E-state index in [1.807, 2.05) is 43.5 Å². The molecule has 8 heteroatoms. The lowest BCUT2D eigenvalue weighted by Gasteiger charge is -2.18. The maximum absolute atomic E-state index is 13.3. The quantitative estimate of drug-likeness (QED) is 0.464. The highest BCUT2D eigenvalue weighted by atomic mass is 35.5. The van der Waals surface area contributed by atoms with Crippen molar-refractivity contribution in [3.8, 4) is 11.3 Å². The van der Waals surface area contributed by atoms with E-state index in [2.05, 4.69) is 14.9 Å². The second kappa shape index (κ2) is 9.85. The molecule has 1 aliphatic rings. The highest BCUT2D eigenvalue weighted by molar-refractivity contribution is 8.00. The van der Waals surface area contributed by atoms with Gasteiger partial charge < -0.3 is 14.6 Å². The van der Waals surface area contributed by atoms with Gasteiger partial charge in [0.15, 0.2) is 5.16 Å². The van der Waals surface area contributed by atoms with Gasteiger partial charge in [0.2, 0.25) is 5.91 Å².